The third-order valence-corrected chi connectivity index (χ3v) is 2.22. The van der Waals surface area contributed by atoms with E-state index in [1.54, 1.807) is 13.1 Å². The van der Waals surface area contributed by atoms with Crippen LogP contribution in [0, 0.1) is 0 Å². The van der Waals surface area contributed by atoms with Crippen LogP contribution in [0.2, 0.25) is 0 Å². The van der Waals surface area contributed by atoms with Gasteiger partial charge in [0.2, 0.25) is 5.91 Å². The molecule has 3 N–H and O–H groups in total. The van der Waals surface area contributed by atoms with Gasteiger partial charge in [-0.15, -0.1) is 0 Å². The van der Waals surface area contributed by atoms with Crippen molar-refractivity contribution in [2.24, 2.45) is 5.73 Å². The number of carbonyl (C=O) groups excluding carboxylic acids is 1. The second kappa shape index (κ2) is 4.93. The molecule has 1 aromatic heterocycles. The van der Waals surface area contributed by atoms with Crippen LogP contribution in [0.5, 0.6) is 0 Å². The fourth-order valence-electron chi connectivity index (χ4n) is 1.12. The zero-order valence-corrected chi connectivity index (χ0v) is 9.40. The number of hydrogen-bond acceptors (Lipinski definition) is 3. The Labute approximate surface area is 89.6 Å². The number of hydrogen-bond donors (Lipinski definition) is 2. The monoisotopic (exact) mass is 210 g/mol. The number of amides is 1. The maximum Gasteiger partial charge on any atom is 0.234 e. The highest BCUT2D eigenvalue weighted by atomic mass is 16.1. The van der Waals surface area contributed by atoms with Crippen molar-refractivity contribution in [1.82, 2.24) is 15.1 Å². The first-order chi connectivity index (χ1) is 7.00. The first-order valence-electron chi connectivity index (χ1n) is 5.06. The molecule has 0 saturated heterocycles. The van der Waals surface area contributed by atoms with Crippen LogP contribution in [0.25, 0.3) is 0 Å². The van der Waals surface area contributed by atoms with Crippen LogP contribution in [0.1, 0.15) is 32.4 Å². The van der Waals surface area contributed by atoms with Gasteiger partial charge < -0.3 is 11.1 Å². The second-order valence-electron chi connectivity index (χ2n) is 3.93. The Morgan fingerprint density at radius 2 is 2.27 bits per heavy atom. The molecule has 0 unspecified atom stereocenters. The molecule has 0 fully saturated rings. The maximum atomic E-state index is 10.8. The number of aromatic nitrogens is 2. The molecule has 1 amide bonds. The first kappa shape index (κ1) is 11.7. The number of nitrogens with two attached hydrogens (primary N) is 1. The molecule has 0 spiro atoms. The molecule has 0 aromatic carbocycles. The molecule has 0 saturated carbocycles. The van der Waals surface area contributed by atoms with E-state index in [0.29, 0.717) is 12.6 Å². The summed E-state index contributed by atoms with van der Waals surface area (Å²) in [6, 6.07) is 0.0414. The van der Waals surface area contributed by atoms with Gasteiger partial charge in [-0.3, -0.25) is 9.48 Å². The van der Waals surface area contributed by atoms with Crippen molar-refractivity contribution >= 4 is 5.91 Å². The summed E-state index contributed by atoms with van der Waals surface area (Å²) >= 11 is 0. The number of carbonyl (C=O) groups is 1. The number of primary amides is 1. The van der Waals surface area contributed by atoms with Crippen molar-refractivity contribution in [3.05, 3.63) is 18.0 Å². The van der Waals surface area contributed by atoms with Crippen LogP contribution in [-0.2, 0) is 11.3 Å². The molecule has 0 aliphatic rings. The Balaban J connectivity index is 2.47. The zero-order chi connectivity index (χ0) is 11.4. The van der Waals surface area contributed by atoms with Crippen LogP contribution >= 0.6 is 0 Å². The third-order valence-electron chi connectivity index (χ3n) is 2.22. The minimum atomic E-state index is -0.341. The molecule has 5 heteroatoms. The molecule has 84 valence electrons. The average Bonchev–Trinajstić information content (AvgIpc) is 2.62. The van der Waals surface area contributed by atoms with Gasteiger partial charge in [-0.25, -0.2) is 0 Å². The van der Waals surface area contributed by atoms with E-state index in [0.717, 1.165) is 5.56 Å². The zero-order valence-electron chi connectivity index (χ0n) is 9.40. The molecule has 0 radical (unpaired) electrons. The highest BCUT2D eigenvalue weighted by Crippen LogP contribution is 2.04. The van der Waals surface area contributed by atoms with Crippen LogP contribution in [0.4, 0.5) is 0 Å². The summed E-state index contributed by atoms with van der Waals surface area (Å²) in [7, 11) is 0. The summed E-state index contributed by atoms with van der Waals surface area (Å²) in [6.07, 6.45) is 3.76. The van der Waals surface area contributed by atoms with E-state index in [4.69, 9.17) is 5.73 Å². The molecular weight excluding hydrogens is 192 g/mol. The van der Waals surface area contributed by atoms with Gasteiger partial charge in [0.25, 0.3) is 0 Å². The Kier molecular flexibility index (Phi) is 3.85. The predicted octanol–water partition coefficient (Wildman–Crippen LogP) is 0.427. The number of rotatable bonds is 5. The highest BCUT2D eigenvalue weighted by molar-refractivity contribution is 5.79. The lowest BCUT2D eigenvalue weighted by atomic mass is 10.3. The lowest BCUT2D eigenvalue weighted by Crippen LogP contribution is -2.38. The van der Waals surface area contributed by atoms with Crippen LogP contribution in [0.15, 0.2) is 12.4 Å². The molecule has 5 nitrogen and oxygen atoms in total. The summed E-state index contributed by atoms with van der Waals surface area (Å²) in [5, 5.41) is 7.22. The van der Waals surface area contributed by atoms with E-state index < -0.39 is 0 Å². The molecule has 1 rings (SSSR count). The van der Waals surface area contributed by atoms with Gasteiger partial charge in [0.1, 0.15) is 0 Å². The highest BCUT2D eigenvalue weighted by Gasteiger charge is 2.08. The molecule has 15 heavy (non-hydrogen) atoms. The molecule has 0 aliphatic heterocycles. The predicted molar refractivity (Wildman–Crippen MR) is 58.1 cm³/mol. The molecule has 0 bridgehead atoms. The van der Waals surface area contributed by atoms with Gasteiger partial charge in [-0.05, 0) is 20.8 Å². The Hall–Kier alpha value is -1.36. The summed E-state index contributed by atoms with van der Waals surface area (Å²) in [6.45, 7) is 6.48. The topological polar surface area (TPSA) is 72.9 Å². The second-order valence-corrected chi connectivity index (χ2v) is 3.93. The third kappa shape index (κ3) is 3.36. The smallest absolute Gasteiger partial charge is 0.234 e. The SMILES string of the molecule is CC(C)n1cc(CN[C@@H](C)C(N)=O)cn1. The van der Waals surface area contributed by atoms with E-state index in [2.05, 4.69) is 24.3 Å². The Bertz CT molecular complexity index is 332. The molecule has 1 atom stereocenters. The van der Waals surface area contributed by atoms with E-state index >= 15 is 0 Å². The fraction of sp³-hybridized carbons (Fsp3) is 0.600. The largest absolute Gasteiger partial charge is 0.368 e. The summed E-state index contributed by atoms with van der Waals surface area (Å²) in [4.78, 5) is 10.8. The van der Waals surface area contributed by atoms with Crippen LogP contribution in [0.3, 0.4) is 0 Å². The Morgan fingerprint density at radius 3 is 2.73 bits per heavy atom. The van der Waals surface area contributed by atoms with Gasteiger partial charge >= 0.3 is 0 Å². The molecule has 1 aromatic rings. The normalized spacial score (nSPS) is 13.1. The number of nitrogens with zero attached hydrogens (tertiary/aromatic N) is 2. The lowest BCUT2D eigenvalue weighted by molar-refractivity contribution is -0.119. The van der Waals surface area contributed by atoms with Crippen molar-refractivity contribution in [1.29, 1.82) is 0 Å². The van der Waals surface area contributed by atoms with E-state index in [-0.39, 0.29) is 11.9 Å². The lowest BCUT2D eigenvalue weighted by Gasteiger charge is -2.08. The van der Waals surface area contributed by atoms with E-state index in [1.165, 1.54) is 0 Å². The quantitative estimate of drug-likeness (QED) is 0.740. The van der Waals surface area contributed by atoms with Crippen molar-refractivity contribution in [2.75, 3.05) is 0 Å². The van der Waals surface area contributed by atoms with Crippen molar-refractivity contribution < 1.29 is 4.79 Å². The fourth-order valence-corrected chi connectivity index (χ4v) is 1.12. The molecule has 0 aliphatic carbocycles. The summed E-state index contributed by atoms with van der Waals surface area (Å²) < 4.78 is 1.88. The standard InChI is InChI=1S/C10H18N4O/c1-7(2)14-6-9(5-13-14)4-12-8(3)10(11)15/h5-8,12H,4H2,1-3H3,(H2,11,15)/t8-/m0/s1. The van der Waals surface area contributed by atoms with Crippen LogP contribution < -0.4 is 11.1 Å². The first-order valence-corrected chi connectivity index (χ1v) is 5.06. The Morgan fingerprint density at radius 1 is 1.60 bits per heavy atom. The van der Waals surface area contributed by atoms with Crippen LogP contribution in [-0.4, -0.2) is 21.7 Å². The van der Waals surface area contributed by atoms with Crippen molar-refractivity contribution in [3.8, 4) is 0 Å². The van der Waals surface area contributed by atoms with Gasteiger partial charge in [0.05, 0.1) is 12.2 Å². The van der Waals surface area contributed by atoms with Crippen molar-refractivity contribution in [2.45, 2.75) is 39.4 Å². The van der Waals surface area contributed by atoms with Gasteiger partial charge in [-0.1, -0.05) is 0 Å². The van der Waals surface area contributed by atoms with Gasteiger partial charge in [-0.2, -0.15) is 5.10 Å². The summed E-state index contributed by atoms with van der Waals surface area (Å²) in [5.74, 6) is -0.341. The van der Waals surface area contributed by atoms with Gasteiger partial charge in [0, 0.05) is 24.3 Å². The molecule has 1 heterocycles. The van der Waals surface area contributed by atoms with E-state index in [9.17, 15) is 4.79 Å². The summed E-state index contributed by atoms with van der Waals surface area (Å²) in [5.41, 5.74) is 6.18. The maximum absolute atomic E-state index is 10.8. The minimum absolute atomic E-state index is 0.313. The molecular formula is C10H18N4O. The van der Waals surface area contributed by atoms with Crippen molar-refractivity contribution in [3.63, 3.8) is 0 Å². The van der Waals surface area contributed by atoms with Gasteiger partial charge in [0.15, 0.2) is 0 Å². The van der Waals surface area contributed by atoms with E-state index in [1.807, 2.05) is 10.9 Å². The minimum Gasteiger partial charge on any atom is -0.368 e. The number of nitrogens with one attached hydrogen (secondary N) is 1. The average molecular weight is 210 g/mol.